The molecule has 2 atom stereocenters. The first-order valence-corrected chi connectivity index (χ1v) is 5.13. The zero-order valence-electron chi connectivity index (χ0n) is 3.77. The van der Waals surface area contributed by atoms with Crippen molar-refractivity contribution < 1.29 is 0 Å². The molecule has 0 bridgehead atoms. The van der Waals surface area contributed by atoms with E-state index in [4.69, 9.17) is 12.2 Å². The Morgan fingerprint density at radius 1 is 1.25 bits per heavy atom. The van der Waals surface area contributed by atoms with Crippen LogP contribution in [0.15, 0.2) is 0 Å². The third-order valence-corrected chi connectivity index (χ3v) is 5.28. The largest absolute Gasteiger partial charge is 0.162 e. The van der Waals surface area contributed by atoms with Crippen molar-refractivity contribution in [3.63, 3.8) is 0 Å². The van der Waals surface area contributed by atoms with E-state index in [9.17, 15) is 0 Å². The number of thiocarbonyl (C=S) groups is 1. The molecule has 0 aromatic carbocycles. The lowest BCUT2D eigenvalue weighted by Gasteiger charge is -2.00. The average Bonchev–Trinajstić information content (AvgIpc) is 1.85. The Kier molecular flexibility index (Phi) is 2.90. The Morgan fingerprint density at radius 2 is 1.62 bits per heavy atom. The molecule has 1 saturated heterocycles. The Hall–Kier alpha value is 1.49. The molecule has 0 spiro atoms. The van der Waals surface area contributed by atoms with E-state index in [1.165, 1.54) is 0 Å². The summed E-state index contributed by atoms with van der Waals surface area (Å²) in [6.07, 6.45) is 0. The molecule has 1 rings (SSSR count). The molecular formula is C3H4S5. The summed E-state index contributed by atoms with van der Waals surface area (Å²) in [6.45, 7) is 0. The molecule has 1 heterocycles. The normalized spacial score (nSPS) is 38.5. The molecule has 0 N–H and O–H groups in total. The summed E-state index contributed by atoms with van der Waals surface area (Å²) in [7, 11) is 0. The first-order valence-electron chi connectivity index (χ1n) is 1.93. The van der Waals surface area contributed by atoms with Gasteiger partial charge in [0, 0.05) is 0 Å². The second-order valence-corrected chi connectivity index (χ2v) is 6.57. The highest BCUT2D eigenvalue weighted by Gasteiger charge is 2.26. The maximum absolute atomic E-state index is 4.90. The van der Waals surface area contributed by atoms with Crippen LogP contribution in [0, 0.1) is 0 Å². The van der Waals surface area contributed by atoms with Crippen molar-refractivity contribution in [2.75, 3.05) is 0 Å². The van der Waals surface area contributed by atoms with Crippen LogP contribution in [-0.4, -0.2) is 12.7 Å². The molecule has 0 aromatic heterocycles. The average molecular weight is 200 g/mol. The van der Waals surface area contributed by atoms with E-state index in [0.717, 1.165) is 3.53 Å². The van der Waals surface area contributed by atoms with Crippen LogP contribution in [0.1, 0.15) is 0 Å². The lowest BCUT2D eigenvalue weighted by molar-refractivity contribution is 1.41. The minimum atomic E-state index is 0.288. The summed E-state index contributed by atoms with van der Waals surface area (Å²) in [5.41, 5.74) is 0. The molecule has 1 aliphatic heterocycles. The molecule has 0 aromatic rings. The van der Waals surface area contributed by atoms with Crippen LogP contribution in [0.2, 0.25) is 0 Å². The quantitative estimate of drug-likeness (QED) is 0.455. The molecule has 2 unspecified atom stereocenters. The number of rotatable bonds is 0. The van der Waals surface area contributed by atoms with Gasteiger partial charge in [-0.15, -0.1) is 0 Å². The summed E-state index contributed by atoms with van der Waals surface area (Å²) in [5, 5.41) is 0. The standard InChI is InChI=1S/C3H4S5/c4-1-2(5)8-3(6)7-1/h1-2,4-5H. The van der Waals surface area contributed by atoms with Gasteiger partial charge in [-0.05, 0) is 0 Å². The van der Waals surface area contributed by atoms with Gasteiger partial charge in [-0.2, -0.15) is 25.3 Å². The summed E-state index contributed by atoms with van der Waals surface area (Å²) < 4.78 is 1.54. The summed E-state index contributed by atoms with van der Waals surface area (Å²) in [5.74, 6) is 0. The van der Waals surface area contributed by atoms with E-state index < -0.39 is 0 Å². The minimum Gasteiger partial charge on any atom is -0.162 e. The van der Waals surface area contributed by atoms with Crippen molar-refractivity contribution in [2.45, 2.75) is 9.16 Å². The molecule has 1 fully saturated rings. The highest BCUT2D eigenvalue weighted by atomic mass is 32.3. The Balaban J connectivity index is 2.51. The summed E-state index contributed by atoms with van der Waals surface area (Å²) in [4.78, 5) is 0. The van der Waals surface area contributed by atoms with Crippen molar-refractivity contribution in [1.82, 2.24) is 0 Å². The third-order valence-electron chi connectivity index (χ3n) is 0.678. The minimum absolute atomic E-state index is 0.288. The second-order valence-electron chi connectivity index (χ2n) is 1.27. The fraction of sp³-hybridized carbons (Fsp3) is 0.667. The Morgan fingerprint density at radius 3 is 1.75 bits per heavy atom. The zero-order chi connectivity index (χ0) is 6.15. The van der Waals surface area contributed by atoms with Gasteiger partial charge in [-0.25, -0.2) is 0 Å². The van der Waals surface area contributed by atoms with E-state index >= 15 is 0 Å². The van der Waals surface area contributed by atoms with Crippen LogP contribution in [0.3, 0.4) is 0 Å². The monoisotopic (exact) mass is 200 g/mol. The first kappa shape index (κ1) is 7.60. The molecule has 0 amide bonds. The molecule has 0 radical (unpaired) electrons. The highest BCUT2D eigenvalue weighted by Crippen LogP contribution is 2.42. The topological polar surface area (TPSA) is 0 Å². The van der Waals surface area contributed by atoms with Crippen molar-refractivity contribution in [3.05, 3.63) is 0 Å². The predicted molar refractivity (Wildman–Crippen MR) is 53.3 cm³/mol. The fourth-order valence-corrected chi connectivity index (χ4v) is 4.62. The fourth-order valence-electron chi connectivity index (χ4n) is 0.341. The van der Waals surface area contributed by atoms with Crippen LogP contribution in [0.25, 0.3) is 0 Å². The van der Waals surface area contributed by atoms with Gasteiger partial charge in [-0.3, -0.25) is 0 Å². The molecular weight excluding hydrogens is 196 g/mol. The highest BCUT2D eigenvalue weighted by molar-refractivity contribution is 8.53. The van der Waals surface area contributed by atoms with Crippen LogP contribution in [0.5, 0.6) is 0 Å². The van der Waals surface area contributed by atoms with Crippen molar-refractivity contribution in [3.8, 4) is 0 Å². The smallest absolute Gasteiger partial charge is 0.106 e. The number of thiol groups is 2. The molecule has 5 heteroatoms. The maximum atomic E-state index is 4.90. The Bertz CT molecular complexity index is 98.2. The van der Waals surface area contributed by atoms with Gasteiger partial charge in [0.2, 0.25) is 0 Å². The van der Waals surface area contributed by atoms with E-state index in [0.29, 0.717) is 0 Å². The van der Waals surface area contributed by atoms with Gasteiger partial charge in [0.15, 0.2) is 0 Å². The third kappa shape index (κ3) is 1.73. The van der Waals surface area contributed by atoms with Crippen molar-refractivity contribution in [1.29, 1.82) is 0 Å². The van der Waals surface area contributed by atoms with Gasteiger partial charge in [0.1, 0.15) is 3.53 Å². The summed E-state index contributed by atoms with van der Waals surface area (Å²) in [6, 6.07) is 0. The molecule has 8 heavy (non-hydrogen) atoms. The van der Waals surface area contributed by atoms with Crippen LogP contribution >= 0.6 is 61.0 Å². The molecule has 0 saturated carbocycles. The number of thioether (sulfide) groups is 2. The van der Waals surface area contributed by atoms with Gasteiger partial charge in [0.05, 0.1) is 9.16 Å². The summed E-state index contributed by atoms with van der Waals surface area (Å²) >= 11 is 16.6. The van der Waals surface area contributed by atoms with Crippen LogP contribution in [0.4, 0.5) is 0 Å². The van der Waals surface area contributed by atoms with Crippen LogP contribution < -0.4 is 0 Å². The molecule has 1 aliphatic rings. The second kappa shape index (κ2) is 3.05. The maximum Gasteiger partial charge on any atom is 0.106 e. The zero-order valence-corrected chi connectivity index (χ0v) is 8.01. The van der Waals surface area contributed by atoms with Crippen molar-refractivity contribution >= 4 is 64.5 Å². The van der Waals surface area contributed by atoms with Gasteiger partial charge < -0.3 is 0 Å². The van der Waals surface area contributed by atoms with E-state index in [1.807, 2.05) is 0 Å². The van der Waals surface area contributed by atoms with Crippen molar-refractivity contribution in [2.24, 2.45) is 0 Å². The molecule has 0 aliphatic carbocycles. The predicted octanol–water partition coefficient (Wildman–Crippen LogP) is 2.26. The van der Waals surface area contributed by atoms with Gasteiger partial charge in [0.25, 0.3) is 0 Å². The first-order chi connectivity index (χ1) is 3.70. The SMILES string of the molecule is S=C1SC(S)C(S)S1. The van der Waals surface area contributed by atoms with Crippen LogP contribution in [-0.2, 0) is 0 Å². The Labute approximate surface area is 73.4 Å². The molecule has 46 valence electrons. The van der Waals surface area contributed by atoms with Gasteiger partial charge in [-0.1, -0.05) is 35.7 Å². The van der Waals surface area contributed by atoms with Gasteiger partial charge >= 0.3 is 0 Å². The lowest BCUT2D eigenvalue weighted by Crippen LogP contribution is -1.97. The van der Waals surface area contributed by atoms with E-state index in [2.05, 4.69) is 25.3 Å². The lowest BCUT2D eigenvalue weighted by atomic mass is 10.9. The number of hydrogen-bond acceptors (Lipinski definition) is 5. The molecule has 0 nitrogen and oxygen atoms in total. The number of hydrogen-bond donors (Lipinski definition) is 2. The van der Waals surface area contributed by atoms with E-state index in [-0.39, 0.29) is 9.16 Å². The van der Waals surface area contributed by atoms with E-state index in [1.54, 1.807) is 23.5 Å².